The topological polar surface area (TPSA) is 108 Å². The summed E-state index contributed by atoms with van der Waals surface area (Å²) in [5.74, 6) is -1.55. The molecule has 0 spiro atoms. The summed E-state index contributed by atoms with van der Waals surface area (Å²) in [6.45, 7) is 1.17. The van der Waals surface area contributed by atoms with Gasteiger partial charge in [-0.3, -0.25) is 14.9 Å². The minimum Gasteiger partial charge on any atom is -0.497 e. The van der Waals surface area contributed by atoms with Gasteiger partial charge in [0.25, 0.3) is 11.6 Å². The number of hydrogen-bond acceptors (Lipinski definition) is 6. The van der Waals surface area contributed by atoms with E-state index in [4.69, 9.17) is 9.47 Å². The number of nitro benzene ring substituents is 1. The second-order valence-corrected chi connectivity index (χ2v) is 5.75. The van der Waals surface area contributed by atoms with Gasteiger partial charge < -0.3 is 14.8 Å². The summed E-state index contributed by atoms with van der Waals surface area (Å²) >= 11 is 0. The molecule has 154 valence electrons. The standard InChI is InChI=1S/C18H15F3N2O6/c1-10(29-17(25)11-4-3-5-13(8-11)28-2)16(24)22-15-7-6-12(23(26)27)9-14(15)18(19,20)21/h3-10H,1-2H3,(H,22,24)/t10-/m1/s1. The van der Waals surface area contributed by atoms with Gasteiger partial charge in [-0.2, -0.15) is 13.2 Å². The maximum atomic E-state index is 13.2. The first kappa shape index (κ1) is 21.7. The highest BCUT2D eigenvalue weighted by molar-refractivity contribution is 5.98. The number of amides is 1. The summed E-state index contributed by atoms with van der Waals surface area (Å²) in [7, 11) is 1.39. The second kappa shape index (κ2) is 8.59. The lowest BCUT2D eigenvalue weighted by molar-refractivity contribution is -0.385. The van der Waals surface area contributed by atoms with E-state index in [1.54, 1.807) is 6.07 Å². The number of rotatable bonds is 6. The summed E-state index contributed by atoms with van der Waals surface area (Å²) in [5, 5.41) is 12.7. The average molecular weight is 412 g/mol. The summed E-state index contributed by atoms with van der Waals surface area (Å²) in [6.07, 6.45) is -6.39. The lowest BCUT2D eigenvalue weighted by Gasteiger charge is -2.17. The molecule has 0 fully saturated rings. The lowest BCUT2D eigenvalue weighted by Crippen LogP contribution is -2.30. The molecule has 0 aromatic heterocycles. The molecule has 2 aromatic carbocycles. The molecule has 1 amide bonds. The van der Waals surface area contributed by atoms with E-state index in [1.807, 2.05) is 5.32 Å². The Morgan fingerprint density at radius 2 is 1.86 bits per heavy atom. The number of non-ortho nitro benzene ring substituents is 1. The second-order valence-electron chi connectivity index (χ2n) is 5.75. The number of carbonyl (C=O) groups is 2. The number of benzene rings is 2. The Labute approximate surface area is 162 Å². The highest BCUT2D eigenvalue weighted by Gasteiger charge is 2.36. The Bertz CT molecular complexity index is 945. The van der Waals surface area contributed by atoms with Crippen molar-refractivity contribution < 1.29 is 37.2 Å². The number of halogens is 3. The number of nitrogens with zero attached hydrogens (tertiary/aromatic N) is 1. The van der Waals surface area contributed by atoms with Gasteiger partial charge in [0.15, 0.2) is 6.10 Å². The normalized spacial score (nSPS) is 12.0. The molecule has 8 nitrogen and oxygen atoms in total. The molecule has 0 unspecified atom stereocenters. The summed E-state index contributed by atoms with van der Waals surface area (Å²) < 4.78 is 49.5. The van der Waals surface area contributed by atoms with Crippen LogP contribution in [0.1, 0.15) is 22.8 Å². The van der Waals surface area contributed by atoms with Gasteiger partial charge in [-0.1, -0.05) is 6.07 Å². The number of nitrogens with one attached hydrogen (secondary N) is 1. The molecule has 0 saturated heterocycles. The number of carbonyl (C=O) groups excluding carboxylic acids is 2. The maximum absolute atomic E-state index is 13.2. The molecule has 0 aliphatic rings. The zero-order valence-electron chi connectivity index (χ0n) is 15.1. The van der Waals surface area contributed by atoms with Crippen LogP contribution in [0.25, 0.3) is 0 Å². The third-order valence-corrected chi connectivity index (χ3v) is 3.74. The molecule has 1 N–H and O–H groups in total. The smallest absolute Gasteiger partial charge is 0.418 e. The summed E-state index contributed by atoms with van der Waals surface area (Å²) in [6, 6.07) is 7.77. The van der Waals surface area contributed by atoms with Crippen molar-refractivity contribution in [3.8, 4) is 5.75 Å². The van der Waals surface area contributed by atoms with Crippen LogP contribution in [-0.4, -0.2) is 30.0 Å². The van der Waals surface area contributed by atoms with Crippen molar-refractivity contribution in [2.24, 2.45) is 0 Å². The molecule has 0 heterocycles. The van der Waals surface area contributed by atoms with Gasteiger partial charge in [0.1, 0.15) is 5.75 Å². The van der Waals surface area contributed by atoms with Gasteiger partial charge in [-0.15, -0.1) is 0 Å². The predicted molar refractivity (Wildman–Crippen MR) is 94.6 cm³/mol. The van der Waals surface area contributed by atoms with E-state index in [0.717, 1.165) is 12.1 Å². The zero-order chi connectivity index (χ0) is 21.8. The van der Waals surface area contributed by atoms with Crippen molar-refractivity contribution in [3.05, 3.63) is 63.7 Å². The number of alkyl halides is 3. The minimum atomic E-state index is -4.95. The first-order valence-electron chi connectivity index (χ1n) is 8.04. The molecule has 0 bridgehead atoms. The molecular formula is C18H15F3N2O6. The molecule has 2 aromatic rings. The van der Waals surface area contributed by atoms with Gasteiger partial charge in [-0.25, -0.2) is 4.79 Å². The number of nitro groups is 1. The first-order chi connectivity index (χ1) is 13.5. The molecule has 2 rings (SSSR count). The largest absolute Gasteiger partial charge is 0.497 e. The first-order valence-corrected chi connectivity index (χ1v) is 8.04. The summed E-state index contributed by atoms with van der Waals surface area (Å²) in [4.78, 5) is 34.0. The molecule has 11 heteroatoms. The number of anilines is 1. The van der Waals surface area contributed by atoms with E-state index in [9.17, 15) is 32.9 Å². The Morgan fingerprint density at radius 1 is 1.17 bits per heavy atom. The molecule has 0 radical (unpaired) electrons. The Kier molecular flexibility index (Phi) is 6.42. The monoisotopic (exact) mass is 412 g/mol. The number of methoxy groups -OCH3 is 1. The van der Waals surface area contributed by atoms with Crippen LogP contribution in [-0.2, 0) is 15.7 Å². The third kappa shape index (κ3) is 5.43. The fourth-order valence-electron chi connectivity index (χ4n) is 2.26. The number of hydrogen-bond donors (Lipinski definition) is 1. The van der Waals surface area contributed by atoms with Crippen molar-refractivity contribution in [2.45, 2.75) is 19.2 Å². The van der Waals surface area contributed by atoms with Gasteiger partial charge in [0.2, 0.25) is 0 Å². The SMILES string of the molecule is COc1cccc(C(=O)O[C@H](C)C(=O)Nc2ccc([N+](=O)[O-])cc2C(F)(F)F)c1. The van der Waals surface area contributed by atoms with Crippen molar-refractivity contribution >= 4 is 23.3 Å². The molecule has 0 aliphatic carbocycles. The Balaban J connectivity index is 2.16. The van der Waals surface area contributed by atoms with E-state index >= 15 is 0 Å². The van der Waals surface area contributed by atoms with Crippen LogP contribution in [0.4, 0.5) is 24.5 Å². The molecule has 0 aliphatic heterocycles. The molecule has 1 atom stereocenters. The Morgan fingerprint density at radius 3 is 2.45 bits per heavy atom. The van der Waals surface area contributed by atoms with Crippen LogP contribution in [0.5, 0.6) is 5.75 Å². The van der Waals surface area contributed by atoms with E-state index in [0.29, 0.717) is 11.8 Å². The number of esters is 1. The molecular weight excluding hydrogens is 397 g/mol. The van der Waals surface area contributed by atoms with Gasteiger partial charge in [-0.05, 0) is 31.2 Å². The van der Waals surface area contributed by atoms with Crippen LogP contribution in [0, 0.1) is 10.1 Å². The average Bonchev–Trinajstić information content (AvgIpc) is 2.67. The highest BCUT2D eigenvalue weighted by Crippen LogP contribution is 2.37. The van der Waals surface area contributed by atoms with Gasteiger partial charge in [0, 0.05) is 12.1 Å². The maximum Gasteiger partial charge on any atom is 0.418 e. The fraction of sp³-hybridized carbons (Fsp3) is 0.222. The van der Waals surface area contributed by atoms with Gasteiger partial charge >= 0.3 is 12.1 Å². The van der Waals surface area contributed by atoms with Crippen LogP contribution < -0.4 is 10.1 Å². The van der Waals surface area contributed by atoms with E-state index in [2.05, 4.69) is 0 Å². The van der Waals surface area contributed by atoms with E-state index in [1.165, 1.54) is 32.2 Å². The fourth-order valence-corrected chi connectivity index (χ4v) is 2.26. The van der Waals surface area contributed by atoms with Crippen LogP contribution >= 0.6 is 0 Å². The van der Waals surface area contributed by atoms with Crippen LogP contribution in [0.2, 0.25) is 0 Å². The lowest BCUT2D eigenvalue weighted by atomic mass is 10.1. The minimum absolute atomic E-state index is 0.0790. The van der Waals surface area contributed by atoms with Crippen LogP contribution in [0.3, 0.4) is 0 Å². The zero-order valence-corrected chi connectivity index (χ0v) is 15.1. The molecule has 29 heavy (non-hydrogen) atoms. The summed E-state index contributed by atoms with van der Waals surface area (Å²) in [5.41, 5.74) is -2.80. The predicted octanol–water partition coefficient (Wildman–Crippen LogP) is 3.81. The van der Waals surface area contributed by atoms with Gasteiger partial charge in [0.05, 0.1) is 28.8 Å². The van der Waals surface area contributed by atoms with E-state index < -0.39 is 46.0 Å². The van der Waals surface area contributed by atoms with Crippen molar-refractivity contribution in [1.29, 1.82) is 0 Å². The Hall–Kier alpha value is -3.63. The highest BCUT2D eigenvalue weighted by atomic mass is 19.4. The quantitative estimate of drug-likeness (QED) is 0.439. The molecule has 0 saturated carbocycles. The van der Waals surface area contributed by atoms with Crippen molar-refractivity contribution in [1.82, 2.24) is 0 Å². The van der Waals surface area contributed by atoms with Crippen molar-refractivity contribution in [2.75, 3.05) is 12.4 Å². The van der Waals surface area contributed by atoms with Crippen LogP contribution in [0.15, 0.2) is 42.5 Å². The third-order valence-electron chi connectivity index (χ3n) is 3.74. The van der Waals surface area contributed by atoms with E-state index in [-0.39, 0.29) is 5.56 Å². The number of ether oxygens (including phenoxy) is 2. The van der Waals surface area contributed by atoms with Crippen molar-refractivity contribution in [3.63, 3.8) is 0 Å².